The van der Waals surface area contributed by atoms with Crippen molar-refractivity contribution in [1.29, 1.82) is 0 Å². The first kappa shape index (κ1) is 23.4. The van der Waals surface area contributed by atoms with Gasteiger partial charge in [0.2, 0.25) is 0 Å². The molecule has 9 nitrogen and oxygen atoms in total. The number of anilines is 1. The van der Waals surface area contributed by atoms with E-state index in [9.17, 15) is 18.5 Å². The molecule has 0 saturated heterocycles. The van der Waals surface area contributed by atoms with Crippen molar-refractivity contribution in [2.24, 2.45) is 0 Å². The summed E-state index contributed by atoms with van der Waals surface area (Å²) in [4.78, 5) is 15.4. The van der Waals surface area contributed by atoms with E-state index in [1.54, 1.807) is 35.7 Å². The number of hydrogen-bond donors (Lipinski definition) is 0. The average Bonchev–Trinajstić information content (AvgIpc) is 3.61. The van der Waals surface area contributed by atoms with E-state index < -0.39 is 14.9 Å². The van der Waals surface area contributed by atoms with Gasteiger partial charge in [0.15, 0.2) is 5.13 Å². The number of nitrogens with zero attached hydrogens (tertiary/aromatic N) is 4. The number of rotatable bonds is 8. The van der Waals surface area contributed by atoms with Crippen molar-refractivity contribution < 1.29 is 17.9 Å². The van der Waals surface area contributed by atoms with Crippen LogP contribution in [0.4, 0.5) is 10.8 Å². The number of benzene rings is 3. The van der Waals surface area contributed by atoms with E-state index in [-0.39, 0.29) is 22.3 Å². The molecule has 0 spiro atoms. The molecule has 0 aliphatic carbocycles. The first-order chi connectivity index (χ1) is 17.4. The lowest BCUT2D eigenvalue weighted by atomic mass is 10.1. The van der Waals surface area contributed by atoms with Crippen LogP contribution >= 0.6 is 11.3 Å². The van der Waals surface area contributed by atoms with Crippen LogP contribution in [0.5, 0.6) is 0 Å². The molecule has 0 fully saturated rings. The van der Waals surface area contributed by atoms with Crippen LogP contribution in [0.3, 0.4) is 0 Å². The van der Waals surface area contributed by atoms with Crippen LogP contribution in [0.2, 0.25) is 0 Å². The van der Waals surface area contributed by atoms with Crippen molar-refractivity contribution >= 4 is 32.2 Å². The fraction of sp³-hybridized carbons (Fsp3) is 0.0400. The van der Waals surface area contributed by atoms with Gasteiger partial charge in [-0.05, 0) is 11.6 Å². The van der Waals surface area contributed by atoms with Crippen molar-refractivity contribution in [3.05, 3.63) is 112 Å². The molecule has 180 valence electrons. The van der Waals surface area contributed by atoms with E-state index in [1.807, 2.05) is 30.3 Å². The Morgan fingerprint density at radius 1 is 0.972 bits per heavy atom. The minimum atomic E-state index is -4.10. The molecule has 36 heavy (non-hydrogen) atoms. The third-order valence-electron chi connectivity index (χ3n) is 5.43. The van der Waals surface area contributed by atoms with Gasteiger partial charge < -0.3 is 4.52 Å². The molecule has 3 aromatic carbocycles. The first-order valence-electron chi connectivity index (χ1n) is 10.7. The first-order valence-corrected chi connectivity index (χ1v) is 13.0. The summed E-state index contributed by atoms with van der Waals surface area (Å²) in [7, 11) is -4.10. The van der Waals surface area contributed by atoms with E-state index >= 15 is 0 Å². The molecule has 0 aliphatic heterocycles. The molecule has 0 amide bonds. The number of aromatic nitrogens is 2. The van der Waals surface area contributed by atoms with E-state index in [4.69, 9.17) is 4.52 Å². The molecule has 0 radical (unpaired) electrons. The monoisotopic (exact) mass is 518 g/mol. The van der Waals surface area contributed by atoms with E-state index in [0.29, 0.717) is 22.4 Å². The number of thiazole rings is 1. The fourth-order valence-corrected chi connectivity index (χ4v) is 6.36. The normalized spacial score (nSPS) is 11.3. The maximum atomic E-state index is 14.1. The molecule has 5 aromatic rings. The van der Waals surface area contributed by atoms with Gasteiger partial charge in [-0.15, -0.1) is 11.3 Å². The Kier molecular flexibility index (Phi) is 6.32. The third kappa shape index (κ3) is 4.61. The van der Waals surface area contributed by atoms with Crippen molar-refractivity contribution in [3.63, 3.8) is 0 Å². The van der Waals surface area contributed by atoms with Crippen LogP contribution in [0.25, 0.3) is 22.4 Å². The Labute approximate surface area is 210 Å². The molecule has 0 bridgehead atoms. The maximum Gasteiger partial charge on any atom is 0.270 e. The SMILES string of the molecule is O=[N+]([O-])c1cccc(-c2csc(N(Cc3ccccc3)S(=O)(=O)c3ccccc3-c3cnoc3)n2)c1. The highest BCUT2D eigenvalue weighted by molar-refractivity contribution is 7.93. The van der Waals surface area contributed by atoms with Crippen LogP contribution < -0.4 is 4.31 Å². The van der Waals surface area contributed by atoms with Crippen molar-refractivity contribution in [1.82, 2.24) is 10.1 Å². The van der Waals surface area contributed by atoms with Gasteiger partial charge in [0.05, 0.1) is 28.3 Å². The van der Waals surface area contributed by atoms with Crippen molar-refractivity contribution in [3.8, 4) is 22.4 Å². The molecule has 5 rings (SSSR count). The van der Waals surface area contributed by atoms with E-state index in [0.717, 1.165) is 16.9 Å². The van der Waals surface area contributed by atoms with Gasteiger partial charge in [0.25, 0.3) is 15.7 Å². The molecule has 11 heteroatoms. The summed E-state index contributed by atoms with van der Waals surface area (Å²) in [6, 6.07) is 21.9. The highest BCUT2D eigenvalue weighted by Gasteiger charge is 2.30. The van der Waals surface area contributed by atoms with Crippen LogP contribution in [0, 0.1) is 10.1 Å². The van der Waals surface area contributed by atoms with Gasteiger partial charge >= 0.3 is 0 Å². The lowest BCUT2D eigenvalue weighted by Gasteiger charge is -2.23. The number of nitro groups is 1. The number of nitro benzene ring substituents is 1. The summed E-state index contributed by atoms with van der Waals surface area (Å²) in [5.74, 6) is 0. The summed E-state index contributed by atoms with van der Waals surface area (Å²) in [5.41, 5.74) is 2.65. The van der Waals surface area contributed by atoms with Crippen molar-refractivity contribution in [2.45, 2.75) is 11.4 Å². The Bertz CT molecular complexity index is 1620. The van der Waals surface area contributed by atoms with Gasteiger partial charge in [-0.1, -0.05) is 65.8 Å². The van der Waals surface area contributed by atoms with Crippen LogP contribution in [0.15, 0.2) is 106 Å². The minimum Gasteiger partial charge on any atom is -0.364 e. The molecule has 2 aromatic heterocycles. The lowest BCUT2D eigenvalue weighted by molar-refractivity contribution is -0.384. The Hall–Kier alpha value is -4.35. The molecule has 0 saturated carbocycles. The largest absolute Gasteiger partial charge is 0.364 e. The van der Waals surface area contributed by atoms with Crippen LogP contribution in [0.1, 0.15) is 5.56 Å². The predicted molar refractivity (Wildman–Crippen MR) is 136 cm³/mol. The van der Waals surface area contributed by atoms with Gasteiger partial charge in [0, 0.05) is 34.2 Å². The van der Waals surface area contributed by atoms with E-state index in [1.165, 1.54) is 35.0 Å². The van der Waals surface area contributed by atoms with Gasteiger partial charge in [-0.2, -0.15) is 0 Å². The molecular weight excluding hydrogens is 500 g/mol. The zero-order valence-electron chi connectivity index (χ0n) is 18.6. The second-order valence-corrected chi connectivity index (χ2v) is 10.4. The molecule has 0 unspecified atom stereocenters. The summed E-state index contributed by atoms with van der Waals surface area (Å²) in [6.07, 6.45) is 2.85. The highest BCUT2D eigenvalue weighted by Crippen LogP contribution is 2.36. The number of sulfonamides is 1. The summed E-state index contributed by atoms with van der Waals surface area (Å²) < 4.78 is 34.4. The van der Waals surface area contributed by atoms with Gasteiger partial charge in [-0.25, -0.2) is 17.7 Å². The molecule has 2 heterocycles. The summed E-state index contributed by atoms with van der Waals surface area (Å²) >= 11 is 1.15. The smallest absolute Gasteiger partial charge is 0.270 e. The standard InChI is InChI=1S/C25H18N4O5S2/c30-29(31)21-10-6-9-19(13-21)23-17-35-25(27-23)28(15-18-7-2-1-3-8-18)36(32,33)24-12-5-4-11-22(24)20-14-26-34-16-20/h1-14,16-17H,15H2. The Morgan fingerprint density at radius 3 is 2.50 bits per heavy atom. The Balaban J connectivity index is 1.61. The van der Waals surface area contributed by atoms with Crippen molar-refractivity contribution in [2.75, 3.05) is 4.31 Å². The van der Waals surface area contributed by atoms with Gasteiger partial charge in [0.1, 0.15) is 6.26 Å². The lowest BCUT2D eigenvalue weighted by Crippen LogP contribution is -2.31. The summed E-state index contributed by atoms with van der Waals surface area (Å²) in [6.45, 7) is 0.0447. The highest BCUT2D eigenvalue weighted by atomic mass is 32.2. The quantitative estimate of drug-likeness (QED) is 0.189. The topological polar surface area (TPSA) is 119 Å². The molecule has 0 atom stereocenters. The number of hydrogen-bond acceptors (Lipinski definition) is 8. The minimum absolute atomic E-state index is 0.0447. The average molecular weight is 519 g/mol. The Morgan fingerprint density at radius 2 is 1.75 bits per heavy atom. The molecule has 0 aliphatic rings. The van der Waals surface area contributed by atoms with Gasteiger partial charge in [-0.3, -0.25) is 10.1 Å². The zero-order valence-corrected chi connectivity index (χ0v) is 20.2. The second-order valence-electron chi connectivity index (χ2n) is 7.73. The second kappa shape index (κ2) is 9.72. The van der Waals surface area contributed by atoms with E-state index in [2.05, 4.69) is 10.1 Å². The number of non-ortho nitro benzene ring substituents is 1. The fourth-order valence-electron chi connectivity index (χ4n) is 3.68. The molecular formula is C25H18N4O5S2. The predicted octanol–water partition coefficient (Wildman–Crippen LogP) is 5.77. The zero-order chi connectivity index (χ0) is 25.1. The maximum absolute atomic E-state index is 14.1. The van der Waals surface area contributed by atoms with Crippen LogP contribution in [-0.2, 0) is 16.6 Å². The molecule has 0 N–H and O–H groups in total. The summed E-state index contributed by atoms with van der Waals surface area (Å²) in [5, 5.41) is 16.8. The van der Waals surface area contributed by atoms with Crippen LogP contribution in [-0.4, -0.2) is 23.5 Å². The third-order valence-corrected chi connectivity index (χ3v) is 8.20.